The van der Waals surface area contributed by atoms with Crippen molar-refractivity contribution in [3.05, 3.63) is 71.2 Å². The van der Waals surface area contributed by atoms with Gasteiger partial charge in [-0.3, -0.25) is 9.59 Å². The molecule has 0 spiro atoms. The molecule has 0 aliphatic carbocycles. The first-order valence-electron chi connectivity index (χ1n) is 9.78. The lowest BCUT2D eigenvalue weighted by atomic mass is 10.1. The van der Waals surface area contributed by atoms with Crippen molar-refractivity contribution in [2.24, 2.45) is 5.92 Å². The van der Waals surface area contributed by atoms with Gasteiger partial charge in [0.25, 0.3) is 0 Å². The Morgan fingerprint density at radius 3 is 2.77 bits per heavy atom. The first kappa shape index (κ1) is 19.8. The van der Waals surface area contributed by atoms with Crippen LogP contribution in [0.25, 0.3) is 11.3 Å². The summed E-state index contributed by atoms with van der Waals surface area (Å²) in [4.78, 5) is 26.7. The van der Waals surface area contributed by atoms with Gasteiger partial charge in [0.1, 0.15) is 11.5 Å². The molecule has 1 atom stereocenters. The van der Waals surface area contributed by atoms with Gasteiger partial charge in [0.05, 0.1) is 18.0 Å². The molecule has 4 rings (SSSR count). The van der Waals surface area contributed by atoms with Crippen molar-refractivity contribution >= 4 is 17.5 Å². The molecule has 2 amide bonds. The zero-order valence-electron chi connectivity index (χ0n) is 16.8. The van der Waals surface area contributed by atoms with Crippen molar-refractivity contribution in [2.45, 2.75) is 26.8 Å². The van der Waals surface area contributed by atoms with E-state index in [2.05, 4.69) is 10.5 Å². The van der Waals surface area contributed by atoms with Crippen LogP contribution in [0.1, 0.15) is 23.2 Å². The number of nitrogens with zero attached hydrogens (tertiary/aromatic N) is 2. The Morgan fingerprint density at radius 1 is 1.20 bits per heavy atom. The van der Waals surface area contributed by atoms with Gasteiger partial charge in [-0.15, -0.1) is 0 Å². The molecule has 0 bridgehead atoms. The van der Waals surface area contributed by atoms with E-state index in [9.17, 15) is 14.0 Å². The second-order valence-electron chi connectivity index (χ2n) is 7.55. The average molecular weight is 407 g/mol. The Balaban J connectivity index is 1.37. The Hall–Kier alpha value is -3.48. The normalized spacial score (nSPS) is 16.2. The van der Waals surface area contributed by atoms with Crippen molar-refractivity contribution in [1.82, 2.24) is 10.5 Å². The number of carbonyl (C=O) groups excluding carboxylic acids is 2. The van der Waals surface area contributed by atoms with E-state index >= 15 is 0 Å². The number of anilines is 1. The lowest BCUT2D eigenvalue weighted by Gasteiger charge is -2.18. The number of rotatable bonds is 5. The van der Waals surface area contributed by atoms with Crippen LogP contribution in [-0.2, 0) is 16.1 Å². The highest BCUT2D eigenvalue weighted by Crippen LogP contribution is 2.27. The van der Waals surface area contributed by atoms with Gasteiger partial charge < -0.3 is 14.7 Å². The van der Waals surface area contributed by atoms with Gasteiger partial charge in [-0.2, -0.15) is 0 Å². The van der Waals surface area contributed by atoms with Gasteiger partial charge in [-0.1, -0.05) is 23.4 Å². The summed E-state index contributed by atoms with van der Waals surface area (Å²) in [5.74, 6) is -0.821. The van der Waals surface area contributed by atoms with E-state index in [1.54, 1.807) is 29.2 Å². The summed E-state index contributed by atoms with van der Waals surface area (Å²) in [5, 5.41) is 6.69. The van der Waals surface area contributed by atoms with Crippen LogP contribution in [0.2, 0.25) is 0 Å². The third-order valence-corrected chi connectivity index (χ3v) is 5.44. The maximum Gasteiger partial charge on any atom is 0.227 e. The molecule has 7 heteroatoms. The summed E-state index contributed by atoms with van der Waals surface area (Å²) in [6.45, 7) is 4.50. The highest BCUT2D eigenvalue weighted by Gasteiger charge is 2.35. The molecule has 1 fully saturated rings. The number of hydrogen-bond donors (Lipinski definition) is 1. The van der Waals surface area contributed by atoms with Gasteiger partial charge in [-0.05, 0) is 49.2 Å². The minimum atomic E-state index is -0.433. The van der Waals surface area contributed by atoms with E-state index in [0.29, 0.717) is 23.6 Å². The van der Waals surface area contributed by atoms with Crippen LogP contribution in [0.5, 0.6) is 0 Å². The highest BCUT2D eigenvalue weighted by atomic mass is 19.1. The van der Waals surface area contributed by atoms with Crippen LogP contribution in [0.15, 0.2) is 53.1 Å². The number of halogens is 1. The second kappa shape index (κ2) is 8.10. The molecule has 0 saturated carbocycles. The molecule has 1 saturated heterocycles. The van der Waals surface area contributed by atoms with Crippen molar-refractivity contribution in [1.29, 1.82) is 0 Å². The minimum Gasteiger partial charge on any atom is -0.356 e. The summed E-state index contributed by atoms with van der Waals surface area (Å²) >= 11 is 0. The molecular formula is C23H22FN3O3. The second-order valence-corrected chi connectivity index (χ2v) is 7.55. The molecule has 1 aromatic heterocycles. The number of benzene rings is 2. The van der Waals surface area contributed by atoms with E-state index in [1.807, 2.05) is 32.0 Å². The molecule has 1 unspecified atom stereocenters. The van der Waals surface area contributed by atoms with E-state index < -0.39 is 11.7 Å². The summed E-state index contributed by atoms with van der Waals surface area (Å²) < 4.78 is 19.1. The van der Waals surface area contributed by atoms with E-state index in [4.69, 9.17) is 4.52 Å². The van der Waals surface area contributed by atoms with Gasteiger partial charge in [0.15, 0.2) is 5.76 Å². The Morgan fingerprint density at radius 2 is 2.00 bits per heavy atom. The van der Waals surface area contributed by atoms with Crippen LogP contribution >= 0.6 is 0 Å². The SMILES string of the molecule is Cc1ccc(N2CC(C(=O)NCc3cc(-c4ccccc4F)on3)CC2=O)cc1C. The van der Waals surface area contributed by atoms with Gasteiger partial charge >= 0.3 is 0 Å². The van der Waals surface area contributed by atoms with Crippen LogP contribution in [0, 0.1) is 25.6 Å². The zero-order valence-corrected chi connectivity index (χ0v) is 16.8. The van der Waals surface area contributed by atoms with Gasteiger partial charge in [0, 0.05) is 24.7 Å². The first-order valence-corrected chi connectivity index (χ1v) is 9.78. The van der Waals surface area contributed by atoms with Crippen molar-refractivity contribution in [3.8, 4) is 11.3 Å². The molecule has 154 valence electrons. The summed E-state index contributed by atoms with van der Waals surface area (Å²) in [6.07, 6.45) is 0.165. The van der Waals surface area contributed by atoms with Gasteiger partial charge in [-0.25, -0.2) is 4.39 Å². The number of hydrogen-bond acceptors (Lipinski definition) is 4. The first-order chi connectivity index (χ1) is 14.4. The summed E-state index contributed by atoms with van der Waals surface area (Å²) in [7, 11) is 0. The van der Waals surface area contributed by atoms with Crippen molar-refractivity contribution in [3.63, 3.8) is 0 Å². The highest BCUT2D eigenvalue weighted by molar-refractivity contribution is 6.00. The fourth-order valence-corrected chi connectivity index (χ4v) is 3.53. The standard InChI is InChI=1S/C23H22FN3O3/c1-14-7-8-18(9-15(14)2)27-13-16(10-22(27)28)23(29)25-12-17-11-21(30-26-17)19-5-3-4-6-20(19)24/h3-9,11,16H,10,12-13H2,1-2H3,(H,25,29). The molecule has 6 nitrogen and oxygen atoms in total. The minimum absolute atomic E-state index is 0.0679. The monoisotopic (exact) mass is 407 g/mol. The van der Waals surface area contributed by atoms with Crippen LogP contribution in [0.3, 0.4) is 0 Å². The van der Waals surface area contributed by atoms with E-state index in [-0.39, 0.29) is 24.8 Å². The third-order valence-electron chi connectivity index (χ3n) is 5.44. The molecule has 2 aromatic carbocycles. The van der Waals surface area contributed by atoms with Crippen LogP contribution in [-0.4, -0.2) is 23.5 Å². The predicted octanol–water partition coefficient (Wildman–Crippen LogP) is 3.77. The molecular weight excluding hydrogens is 385 g/mol. The number of aromatic nitrogens is 1. The third kappa shape index (κ3) is 3.96. The fraction of sp³-hybridized carbons (Fsp3) is 0.261. The number of nitrogens with one attached hydrogen (secondary N) is 1. The average Bonchev–Trinajstić information content (AvgIpc) is 3.35. The van der Waals surface area contributed by atoms with Crippen LogP contribution in [0.4, 0.5) is 10.1 Å². The Bertz CT molecular complexity index is 1110. The Kier molecular flexibility index (Phi) is 5.35. The van der Waals surface area contributed by atoms with Crippen molar-refractivity contribution in [2.75, 3.05) is 11.4 Å². The summed E-state index contributed by atoms with van der Waals surface area (Å²) in [6, 6.07) is 13.7. The van der Waals surface area contributed by atoms with E-state index in [0.717, 1.165) is 16.8 Å². The largest absolute Gasteiger partial charge is 0.356 e. The molecule has 1 aliphatic heterocycles. The molecule has 0 radical (unpaired) electrons. The number of aryl methyl sites for hydroxylation is 2. The topological polar surface area (TPSA) is 75.4 Å². The maximum atomic E-state index is 13.9. The molecule has 3 aromatic rings. The summed E-state index contributed by atoms with van der Waals surface area (Å²) in [5.41, 5.74) is 3.86. The molecule has 1 aliphatic rings. The molecule has 1 N–H and O–H groups in total. The van der Waals surface area contributed by atoms with Crippen molar-refractivity contribution < 1.29 is 18.5 Å². The number of amides is 2. The van der Waals surface area contributed by atoms with Gasteiger partial charge in [0.2, 0.25) is 11.8 Å². The lowest BCUT2D eigenvalue weighted by molar-refractivity contribution is -0.126. The quantitative estimate of drug-likeness (QED) is 0.699. The lowest BCUT2D eigenvalue weighted by Crippen LogP contribution is -2.32. The molecule has 2 heterocycles. The zero-order chi connectivity index (χ0) is 21.3. The fourth-order valence-electron chi connectivity index (χ4n) is 3.53. The predicted molar refractivity (Wildman–Crippen MR) is 110 cm³/mol. The molecule has 30 heavy (non-hydrogen) atoms. The maximum absolute atomic E-state index is 13.9. The number of carbonyl (C=O) groups is 2. The van der Waals surface area contributed by atoms with E-state index in [1.165, 1.54) is 6.07 Å². The smallest absolute Gasteiger partial charge is 0.227 e. The Labute approximate surface area is 173 Å². The van der Waals surface area contributed by atoms with Crippen LogP contribution < -0.4 is 10.2 Å².